The van der Waals surface area contributed by atoms with Crippen LogP contribution < -0.4 is 5.30 Å². The monoisotopic (exact) mass is 204 g/mol. The third-order valence-corrected chi connectivity index (χ3v) is 3.41. The first-order valence-electron chi connectivity index (χ1n) is 5.00. The zero-order chi connectivity index (χ0) is 10.2. The molecule has 0 fully saturated rings. The molecular formula is C13H17P. The van der Waals surface area contributed by atoms with Crippen molar-refractivity contribution in [3.05, 3.63) is 53.9 Å². The molecule has 0 saturated heterocycles. The lowest BCUT2D eigenvalue weighted by atomic mass is 10.4. The second-order valence-electron chi connectivity index (χ2n) is 3.06. The molecule has 0 bridgehead atoms. The molecule has 1 rings (SSSR count). The number of allylic oxidation sites excluding steroid dienone is 4. The van der Waals surface area contributed by atoms with Crippen molar-refractivity contribution < 1.29 is 0 Å². The van der Waals surface area contributed by atoms with E-state index in [-0.39, 0.29) is 0 Å². The minimum atomic E-state index is 0.815. The van der Waals surface area contributed by atoms with E-state index in [1.165, 1.54) is 10.6 Å². The van der Waals surface area contributed by atoms with E-state index < -0.39 is 0 Å². The van der Waals surface area contributed by atoms with Crippen molar-refractivity contribution in [2.45, 2.75) is 20.3 Å². The topological polar surface area (TPSA) is 0 Å². The van der Waals surface area contributed by atoms with Gasteiger partial charge in [0.25, 0.3) is 0 Å². The van der Waals surface area contributed by atoms with Crippen LogP contribution in [0.4, 0.5) is 0 Å². The molecule has 74 valence electrons. The van der Waals surface area contributed by atoms with Crippen molar-refractivity contribution >= 4 is 13.9 Å². The van der Waals surface area contributed by atoms with Crippen LogP contribution in [-0.4, -0.2) is 0 Å². The summed E-state index contributed by atoms with van der Waals surface area (Å²) in [5, 5.41) is 2.93. The van der Waals surface area contributed by atoms with Gasteiger partial charge in [0.05, 0.1) is 0 Å². The van der Waals surface area contributed by atoms with Gasteiger partial charge in [0, 0.05) is 0 Å². The Morgan fingerprint density at radius 3 is 2.57 bits per heavy atom. The third-order valence-electron chi connectivity index (χ3n) is 1.95. The lowest BCUT2D eigenvalue weighted by molar-refractivity contribution is 1.20. The Bertz CT molecular complexity index is 309. The predicted octanol–water partition coefficient (Wildman–Crippen LogP) is 3.86. The van der Waals surface area contributed by atoms with E-state index >= 15 is 0 Å². The number of hydrogen-bond donors (Lipinski definition) is 0. The maximum absolute atomic E-state index is 2.23. The van der Waals surface area contributed by atoms with Gasteiger partial charge >= 0.3 is 0 Å². The molecule has 0 N–H and O–H groups in total. The summed E-state index contributed by atoms with van der Waals surface area (Å²) in [6, 6.07) is 10.7. The standard InChI is InChI=1S/C13H17P/c1-3-5-9-12(4-2)14-13-10-7-6-8-11-13/h3,5-11,14H,4H2,1-2H3/b5-3-,12-9+. The molecule has 0 nitrogen and oxygen atoms in total. The summed E-state index contributed by atoms with van der Waals surface area (Å²) in [6.07, 6.45) is 7.56. The smallest absolute Gasteiger partial charge is 0.0230 e. The van der Waals surface area contributed by atoms with Crippen molar-refractivity contribution in [1.29, 1.82) is 0 Å². The Morgan fingerprint density at radius 2 is 2.00 bits per heavy atom. The van der Waals surface area contributed by atoms with Crippen LogP contribution in [0.15, 0.2) is 53.9 Å². The van der Waals surface area contributed by atoms with E-state index in [4.69, 9.17) is 0 Å². The van der Waals surface area contributed by atoms with Crippen molar-refractivity contribution in [1.82, 2.24) is 0 Å². The largest absolute Gasteiger partial charge is 0.0876 e. The van der Waals surface area contributed by atoms with E-state index in [0.717, 1.165) is 15.0 Å². The van der Waals surface area contributed by atoms with Gasteiger partial charge in [-0.05, 0) is 24.0 Å². The number of hydrogen-bond acceptors (Lipinski definition) is 0. The Balaban J connectivity index is 2.66. The van der Waals surface area contributed by atoms with Gasteiger partial charge in [-0.2, -0.15) is 0 Å². The Hall–Kier alpha value is -0.870. The lowest BCUT2D eigenvalue weighted by Gasteiger charge is -2.03. The summed E-state index contributed by atoms with van der Waals surface area (Å²) in [4.78, 5) is 0. The quantitative estimate of drug-likeness (QED) is 0.516. The average molecular weight is 204 g/mol. The molecule has 0 aromatic heterocycles. The predicted molar refractivity (Wildman–Crippen MR) is 67.6 cm³/mol. The van der Waals surface area contributed by atoms with E-state index in [2.05, 4.69) is 62.4 Å². The minimum Gasteiger partial charge on any atom is -0.0876 e. The summed E-state index contributed by atoms with van der Waals surface area (Å²) in [7, 11) is 0.815. The fourth-order valence-corrected chi connectivity index (χ4v) is 2.25. The molecule has 1 atom stereocenters. The van der Waals surface area contributed by atoms with Gasteiger partial charge in [-0.1, -0.05) is 64.1 Å². The van der Waals surface area contributed by atoms with Gasteiger partial charge in [0.2, 0.25) is 0 Å². The molecule has 0 aliphatic carbocycles. The molecule has 0 heterocycles. The van der Waals surface area contributed by atoms with Crippen molar-refractivity contribution in [3.63, 3.8) is 0 Å². The molecule has 1 unspecified atom stereocenters. The summed E-state index contributed by atoms with van der Waals surface area (Å²) in [5.41, 5.74) is 0. The molecule has 1 heteroatoms. The summed E-state index contributed by atoms with van der Waals surface area (Å²) < 4.78 is 0. The molecule has 14 heavy (non-hydrogen) atoms. The lowest BCUT2D eigenvalue weighted by Crippen LogP contribution is -1.91. The van der Waals surface area contributed by atoms with Crippen molar-refractivity contribution in [3.8, 4) is 0 Å². The summed E-state index contributed by atoms with van der Waals surface area (Å²) in [5.74, 6) is 0. The van der Waals surface area contributed by atoms with E-state index in [1.54, 1.807) is 0 Å². The van der Waals surface area contributed by atoms with Crippen LogP contribution >= 0.6 is 8.58 Å². The number of benzene rings is 1. The summed E-state index contributed by atoms with van der Waals surface area (Å²) in [6.45, 7) is 4.26. The Kier molecular flexibility index (Phi) is 5.25. The SMILES string of the molecule is C/C=C\C=C(/CC)Pc1ccccc1. The molecule has 0 amide bonds. The fraction of sp³-hybridized carbons (Fsp3) is 0.231. The molecule has 0 radical (unpaired) electrons. The van der Waals surface area contributed by atoms with Gasteiger partial charge in [-0.25, -0.2) is 0 Å². The van der Waals surface area contributed by atoms with Gasteiger partial charge in [0.15, 0.2) is 0 Å². The molecular weight excluding hydrogens is 187 g/mol. The molecule has 1 aromatic rings. The van der Waals surface area contributed by atoms with Crippen LogP contribution in [0.1, 0.15) is 20.3 Å². The van der Waals surface area contributed by atoms with Gasteiger partial charge in [-0.15, -0.1) is 0 Å². The highest BCUT2D eigenvalue weighted by Crippen LogP contribution is 2.25. The second-order valence-corrected chi connectivity index (χ2v) is 4.53. The van der Waals surface area contributed by atoms with E-state index in [0.29, 0.717) is 0 Å². The molecule has 0 saturated carbocycles. The molecule has 0 aliphatic heterocycles. The van der Waals surface area contributed by atoms with E-state index in [9.17, 15) is 0 Å². The zero-order valence-corrected chi connectivity index (χ0v) is 9.83. The maximum Gasteiger partial charge on any atom is -0.0230 e. The minimum absolute atomic E-state index is 0.815. The van der Waals surface area contributed by atoms with Crippen molar-refractivity contribution in [2.24, 2.45) is 0 Å². The molecule has 0 aliphatic rings. The van der Waals surface area contributed by atoms with Crippen LogP contribution in [0.5, 0.6) is 0 Å². The van der Waals surface area contributed by atoms with Crippen molar-refractivity contribution in [2.75, 3.05) is 0 Å². The van der Waals surface area contributed by atoms with E-state index in [1.807, 2.05) is 0 Å². The average Bonchev–Trinajstić information content (AvgIpc) is 2.25. The van der Waals surface area contributed by atoms with Gasteiger partial charge in [-0.3, -0.25) is 0 Å². The second kappa shape index (κ2) is 6.56. The summed E-state index contributed by atoms with van der Waals surface area (Å²) >= 11 is 0. The highest BCUT2D eigenvalue weighted by Gasteiger charge is 1.94. The zero-order valence-electron chi connectivity index (χ0n) is 8.83. The van der Waals surface area contributed by atoms with Gasteiger partial charge < -0.3 is 0 Å². The Labute approximate surface area is 88.5 Å². The van der Waals surface area contributed by atoms with Gasteiger partial charge in [0.1, 0.15) is 0 Å². The fourth-order valence-electron chi connectivity index (χ4n) is 1.17. The maximum atomic E-state index is 2.23. The normalized spacial score (nSPS) is 13.1. The van der Waals surface area contributed by atoms with Crippen LogP contribution in [0.2, 0.25) is 0 Å². The highest BCUT2D eigenvalue weighted by molar-refractivity contribution is 7.51. The number of rotatable bonds is 4. The van der Waals surface area contributed by atoms with Crippen LogP contribution in [0.25, 0.3) is 0 Å². The molecule has 1 aromatic carbocycles. The highest BCUT2D eigenvalue weighted by atomic mass is 31.1. The first-order chi connectivity index (χ1) is 6.86. The first kappa shape index (κ1) is 11.2. The van der Waals surface area contributed by atoms with Crippen LogP contribution in [0, 0.1) is 0 Å². The third kappa shape index (κ3) is 3.89. The molecule has 0 spiro atoms. The Morgan fingerprint density at radius 1 is 1.29 bits per heavy atom. The van der Waals surface area contributed by atoms with Crippen LogP contribution in [0.3, 0.4) is 0 Å². The van der Waals surface area contributed by atoms with Crippen LogP contribution in [-0.2, 0) is 0 Å². The first-order valence-corrected chi connectivity index (χ1v) is 6.00.